The summed E-state index contributed by atoms with van der Waals surface area (Å²) in [7, 11) is 0. The molecule has 0 saturated carbocycles. The Morgan fingerprint density at radius 3 is 1.15 bits per heavy atom. The van der Waals surface area contributed by atoms with Crippen LogP contribution in [0.5, 0.6) is 0 Å². The summed E-state index contributed by atoms with van der Waals surface area (Å²) < 4.78 is 37.3. The van der Waals surface area contributed by atoms with Crippen LogP contribution in [-0.2, 0) is 74.3 Å². The van der Waals surface area contributed by atoms with Crippen molar-refractivity contribution in [2.45, 2.75) is 198 Å². The van der Waals surface area contributed by atoms with E-state index in [9.17, 15) is 29.2 Å². The summed E-state index contributed by atoms with van der Waals surface area (Å²) in [6.45, 7) is 24.8. The molecule has 110 heavy (non-hydrogen) atoms. The fraction of sp³-hybridized carbons (Fsp3) is 0.429. The molecule has 19 heteroatoms. The fourth-order valence-electron chi connectivity index (χ4n) is 20.7. The van der Waals surface area contributed by atoms with Crippen molar-refractivity contribution in [1.82, 2.24) is 57.8 Å². The van der Waals surface area contributed by atoms with E-state index in [0.717, 1.165) is 138 Å². The van der Waals surface area contributed by atoms with Gasteiger partial charge < -0.3 is 38.7 Å². The molecule has 8 aliphatic rings. The van der Waals surface area contributed by atoms with Gasteiger partial charge in [-0.1, -0.05) is 35.4 Å². The second-order valence-electron chi connectivity index (χ2n) is 33.5. The van der Waals surface area contributed by atoms with Crippen LogP contribution in [0.1, 0.15) is 187 Å². The average Bonchev–Trinajstić information content (AvgIpc) is 1.59. The normalized spacial score (nSPS) is 21.7. The fourth-order valence-corrected chi connectivity index (χ4v) is 20.8. The summed E-state index contributed by atoms with van der Waals surface area (Å²) in [5, 5.41) is 50.7. The Bertz CT molecular complexity index is 5240. The van der Waals surface area contributed by atoms with Crippen LogP contribution in [0.15, 0.2) is 159 Å². The van der Waals surface area contributed by atoms with Gasteiger partial charge in [-0.3, -0.25) is 39.5 Å². The smallest absolute Gasteiger partial charge is 0.123 e. The number of aryl methyl sites for hydroxylation is 3. The van der Waals surface area contributed by atoms with Crippen LogP contribution in [-0.4, -0.2) is 131 Å². The summed E-state index contributed by atoms with van der Waals surface area (Å²) in [4.78, 5) is 26.9. The van der Waals surface area contributed by atoms with Crippen LogP contribution in [0, 0.1) is 32.4 Å². The largest absolute Gasteiger partial charge is 0.384 e. The first-order valence-electron chi connectivity index (χ1n) is 40.0. The van der Waals surface area contributed by atoms with Crippen LogP contribution < -0.4 is 0 Å². The number of rotatable bonds is 12. The lowest BCUT2D eigenvalue weighted by Crippen LogP contribution is -2.33. The van der Waals surface area contributed by atoms with E-state index < -0.39 is 22.4 Å². The van der Waals surface area contributed by atoms with E-state index in [1.165, 1.54) is 136 Å². The number of aliphatic hydroxyl groups is 4. The quantitative estimate of drug-likeness (QED) is 0.0916. The molecule has 0 spiro atoms. The van der Waals surface area contributed by atoms with Crippen molar-refractivity contribution in [3.63, 3.8) is 0 Å². The maximum absolute atomic E-state index is 14.1. The van der Waals surface area contributed by atoms with Gasteiger partial charge in [-0.2, -0.15) is 0 Å². The van der Waals surface area contributed by atoms with Gasteiger partial charge in [0.25, 0.3) is 0 Å². The van der Waals surface area contributed by atoms with Crippen LogP contribution in [0.4, 0.5) is 8.78 Å². The van der Waals surface area contributed by atoms with Gasteiger partial charge in [0.05, 0.1) is 37.2 Å². The number of benzene rings is 4. The summed E-state index contributed by atoms with van der Waals surface area (Å²) in [5.41, 5.74) is 18.4. The number of pyridine rings is 4. The Balaban J connectivity index is 0.000000107. The molecular weight excluding hydrogens is 1400 g/mol. The minimum atomic E-state index is -1.05. The van der Waals surface area contributed by atoms with Gasteiger partial charge >= 0.3 is 0 Å². The first-order chi connectivity index (χ1) is 53.0. The lowest BCUT2D eigenvalue weighted by molar-refractivity contribution is 0.0376. The third kappa shape index (κ3) is 13.7. The molecule has 8 atom stereocenters. The van der Waals surface area contributed by atoms with Crippen molar-refractivity contribution >= 4 is 55.2 Å². The summed E-state index contributed by atoms with van der Waals surface area (Å²) >= 11 is 6.53. The molecule has 0 amide bonds. The Kier molecular flexibility index (Phi) is 19.9. The second kappa shape index (κ2) is 29.5. The van der Waals surface area contributed by atoms with Crippen LogP contribution in [0.3, 0.4) is 0 Å². The predicted molar refractivity (Wildman–Crippen MR) is 431 cm³/mol. The molecular formula is C91H103ClF2N12O4. The first-order valence-corrected chi connectivity index (χ1v) is 40.4. The van der Waals surface area contributed by atoms with Gasteiger partial charge in [0.1, 0.15) is 34.0 Å². The van der Waals surface area contributed by atoms with E-state index in [1.54, 1.807) is 61.7 Å². The van der Waals surface area contributed by atoms with Crippen LogP contribution in [0.2, 0.25) is 5.02 Å². The number of hydrogen-bond donors (Lipinski definition) is 4. The third-order valence-electron chi connectivity index (χ3n) is 25.9. The van der Waals surface area contributed by atoms with Crippen molar-refractivity contribution in [3.05, 3.63) is 259 Å². The summed E-state index contributed by atoms with van der Waals surface area (Å²) in [6, 6.07) is 36.0. The minimum Gasteiger partial charge on any atom is -0.384 e. The predicted octanol–water partition coefficient (Wildman–Crippen LogP) is 16.4. The number of hydrogen-bond acceptors (Lipinski definition) is 12. The van der Waals surface area contributed by atoms with E-state index in [1.807, 2.05) is 88.4 Å². The molecule has 8 aromatic heterocycles. The van der Waals surface area contributed by atoms with E-state index in [0.29, 0.717) is 50.3 Å². The highest BCUT2D eigenvalue weighted by molar-refractivity contribution is 6.32. The molecule has 8 unspecified atom stereocenters. The average molecular weight is 1500 g/mol. The van der Waals surface area contributed by atoms with Crippen LogP contribution >= 0.6 is 11.6 Å². The molecule has 0 aliphatic carbocycles. The van der Waals surface area contributed by atoms with Crippen molar-refractivity contribution in [2.24, 2.45) is 0 Å². The Labute approximate surface area is 648 Å². The molecule has 12 aromatic rings. The molecule has 572 valence electrons. The van der Waals surface area contributed by atoms with Crippen molar-refractivity contribution in [1.29, 1.82) is 0 Å². The van der Waals surface area contributed by atoms with Crippen LogP contribution in [0.25, 0.3) is 43.6 Å². The molecule has 16 nitrogen and oxygen atoms in total. The maximum atomic E-state index is 14.1. The topological polar surface area (TPSA) is 165 Å². The lowest BCUT2D eigenvalue weighted by Gasteiger charge is -2.32. The number of nitrogens with zero attached hydrogens (tertiary/aromatic N) is 12. The summed E-state index contributed by atoms with van der Waals surface area (Å²) in [6.07, 6.45) is 27.5. The molecule has 4 N–H and O–H groups in total. The SMILES string of the molecule is CC(O)(Cn1c2c(c3cc(F)ccc31)C1CCCN1CC2)c1cccnc1.CC(O)(Cn1c2c(c3cc(F)ccc31)C1CCCN1CC2)c1ccncc1.Cc1cc(C)c2c(c1)c1c(n2CC(C)(O)c2cccnc2)CCN2CCCC12.Cc1cc2c3c(n(CC(C)(O)c4ccncc4)c2cc1Cl)CCN1CCCC31. The molecule has 4 fully saturated rings. The zero-order chi connectivity index (χ0) is 76.1. The standard InChI is InChI=1S/C24H29N3O.C23H26ClN3O.2C22H24FN3O/c1-16-12-17(2)23-19(13-16)22-20-7-5-10-26(20)11-8-21(22)27(23)15-24(3,28)18-6-4-9-25-14-18;1-15-12-17-21(13-18(15)24)27(14-23(2,28)16-5-8-25-9-6-16)20-7-11-26-10-3-4-19(26)22(17)20;1-22(27,15-4-2-9-24-13-15)14-26-18-7-6-16(23)12-17(18)21-19-5-3-10-25(19)11-8-20(21)26;1-22(27,15-6-9-24-10-7-15)14-26-18-5-4-16(23)13-17(18)21-19-3-2-11-25(19)12-8-20(21)26/h4,6,9,12-14,20,28H,5,7-8,10-11,15H2,1-3H3;5-6,8-9,12-13,19,28H,3-4,7,10-11,14H2,1-2H3;2,4,6-7,9,12-13,19,27H,3,5,8,10-11,14H2,1H3;4-7,9-10,13,19,27H,2-3,8,11-12,14H2,1H3. The molecule has 16 heterocycles. The minimum absolute atomic E-state index is 0.196. The zero-order valence-electron chi connectivity index (χ0n) is 64.6. The summed E-state index contributed by atoms with van der Waals surface area (Å²) in [5.74, 6) is -0.393. The molecule has 4 aromatic carbocycles. The Morgan fingerprint density at radius 1 is 0.382 bits per heavy atom. The molecule has 0 radical (unpaired) electrons. The Morgan fingerprint density at radius 2 is 0.745 bits per heavy atom. The number of fused-ring (bicyclic) bond motifs is 20. The van der Waals surface area contributed by atoms with Gasteiger partial charge in [0.15, 0.2) is 0 Å². The monoisotopic (exact) mass is 1500 g/mol. The van der Waals surface area contributed by atoms with Crippen molar-refractivity contribution < 1.29 is 29.2 Å². The highest BCUT2D eigenvalue weighted by Gasteiger charge is 2.43. The highest BCUT2D eigenvalue weighted by atomic mass is 35.5. The lowest BCUT2D eigenvalue weighted by atomic mass is 9.94. The van der Waals surface area contributed by atoms with Gasteiger partial charge in [-0.05, 0) is 262 Å². The van der Waals surface area contributed by atoms with Gasteiger partial charge in [-0.15, -0.1) is 0 Å². The maximum Gasteiger partial charge on any atom is 0.123 e. The molecule has 4 saturated heterocycles. The van der Waals surface area contributed by atoms with E-state index >= 15 is 0 Å². The van der Waals surface area contributed by atoms with E-state index in [-0.39, 0.29) is 11.6 Å². The van der Waals surface area contributed by atoms with Gasteiger partial charge in [0, 0.05) is 197 Å². The Hall–Kier alpha value is -8.53. The van der Waals surface area contributed by atoms with Crippen molar-refractivity contribution in [2.75, 3.05) is 52.4 Å². The first kappa shape index (κ1) is 74.2. The third-order valence-corrected chi connectivity index (χ3v) is 26.3. The van der Waals surface area contributed by atoms with Crippen molar-refractivity contribution in [3.8, 4) is 0 Å². The highest BCUT2D eigenvalue weighted by Crippen LogP contribution is 2.50. The zero-order valence-corrected chi connectivity index (χ0v) is 65.3. The molecule has 20 rings (SSSR count). The molecule has 0 bridgehead atoms. The second-order valence-corrected chi connectivity index (χ2v) is 33.9. The number of halogens is 3. The van der Waals surface area contributed by atoms with Gasteiger partial charge in [0.2, 0.25) is 0 Å². The number of aromatic nitrogens is 8. The molecule has 8 aliphatic heterocycles. The van der Waals surface area contributed by atoms with E-state index in [4.69, 9.17) is 11.6 Å². The van der Waals surface area contributed by atoms with Gasteiger partial charge in [-0.25, -0.2) is 8.78 Å². The van der Waals surface area contributed by atoms with E-state index in [2.05, 4.69) is 103 Å².